The number of pyridine rings is 1. The van der Waals surface area contributed by atoms with Crippen LogP contribution in [0.2, 0.25) is 0 Å². The quantitative estimate of drug-likeness (QED) is 0.873. The topological polar surface area (TPSA) is 51.2 Å². The van der Waals surface area contributed by atoms with Crippen molar-refractivity contribution in [2.75, 3.05) is 12.4 Å². The summed E-state index contributed by atoms with van der Waals surface area (Å²) in [6.45, 7) is 5.40. The molecule has 116 valence electrons. The highest BCUT2D eigenvalue weighted by atomic mass is 19.1. The van der Waals surface area contributed by atoms with Crippen LogP contribution < -0.4 is 5.32 Å². The van der Waals surface area contributed by atoms with Crippen molar-refractivity contribution in [3.05, 3.63) is 58.5 Å². The molecule has 22 heavy (non-hydrogen) atoms. The second-order valence-electron chi connectivity index (χ2n) is 5.20. The Kier molecular flexibility index (Phi) is 4.75. The van der Waals surface area contributed by atoms with Gasteiger partial charge in [0.15, 0.2) is 0 Å². The third kappa shape index (κ3) is 3.42. The fourth-order valence-corrected chi connectivity index (χ4v) is 2.15. The van der Waals surface area contributed by atoms with Gasteiger partial charge in [-0.05, 0) is 50.1 Å². The van der Waals surface area contributed by atoms with Gasteiger partial charge in [0.2, 0.25) is 0 Å². The lowest BCUT2D eigenvalue weighted by Gasteiger charge is -2.16. The van der Waals surface area contributed by atoms with Crippen molar-refractivity contribution in [1.29, 1.82) is 0 Å². The minimum Gasteiger partial charge on any atom is -0.465 e. The molecular formula is C17H19FN2O2. The average Bonchev–Trinajstić information content (AvgIpc) is 2.49. The Morgan fingerprint density at radius 3 is 2.59 bits per heavy atom. The minimum atomic E-state index is -0.412. The van der Waals surface area contributed by atoms with E-state index >= 15 is 0 Å². The molecule has 0 saturated heterocycles. The van der Waals surface area contributed by atoms with E-state index in [1.54, 1.807) is 32.0 Å². The molecule has 0 radical (unpaired) electrons. The predicted octanol–water partition coefficient (Wildman–Crippen LogP) is 3.80. The Morgan fingerprint density at radius 2 is 2.00 bits per heavy atom. The molecule has 1 unspecified atom stereocenters. The number of carbonyl (C=O) groups is 1. The second kappa shape index (κ2) is 6.56. The fraction of sp³-hybridized carbons (Fsp3) is 0.294. The van der Waals surface area contributed by atoms with Crippen LogP contribution in [0, 0.1) is 19.7 Å². The first-order chi connectivity index (χ1) is 10.4. The first kappa shape index (κ1) is 15.9. The highest BCUT2D eigenvalue weighted by molar-refractivity contribution is 5.90. The number of methoxy groups -OCH3 is 1. The van der Waals surface area contributed by atoms with E-state index < -0.39 is 5.97 Å². The van der Waals surface area contributed by atoms with E-state index in [9.17, 15) is 9.18 Å². The van der Waals surface area contributed by atoms with E-state index in [0.717, 1.165) is 5.56 Å². The smallest absolute Gasteiger partial charge is 0.339 e. The largest absolute Gasteiger partial charge is 0.465 e. The number of esters is 1. The van der Waals surface area contributed by atoms with Gasteiger partial charge in [0.1, 0.15) is 11.6 Å². The number of nitrogens with one attached hydrogen (secondary N) is 1. The van der Waals surface area contributed by atoms with Gasteiger partial charge in [-0.1, -0.05) is 12.1 Å². The third-order valence-corrected chi connectivity index (χ3v) is 3.55. The first-order valence-corrected chi connectivity index (χ1v) is 7.01. The van der Waals surface area contributed by atoms with Crippen LogP contribution in [0.15, 0.2) is 30.3 Å². The highest BCUT2D eigenvalue weighted by Gasteiger charge is 2.13. The van der Waals surface area contributed by atoms with Crippen LogP contribution in [-0.4, -0.2) is 18.1 Å². The number of ether oxygens (including phenoxy) is 1. The first-order valence-electron chi connectivity index (χ1n) is 7.01. The van der Waals surface area contributed by atoms with Gasteiger partial charge in [0, 0.05) is 0 Å². The van der Waals surface area contributed by atoms with Gasteiger partial charge in [-0.25, -0.2) is 14.2 Å². The Labute approximate surface area is 129 Å². The molecule has 0 amide bonds. The normalized spacial score (nSPS) is 11.9. The molecule has 0 spiro atoms. The van der Waals surface area contributed by atoms with Crippen molar-refractivity contribution < 1.29 is 13.9 Å². The van der Waals surface area contributed by atoms with Crippen molar-refractivity contribution in [2.24, 2.45) is 0 Å². The molecule has 0 bridgehead atoms. The zero-order valence-corrected chi connectivity index (χ0v) is 13.1. The molecule has 5 heteroatoms. The molecule has 0 aliphatic carbocycles. The fourth-order valence-electron chi connectivity index (χ4n) is 2.15. The van der Waals surface area contributed by atoms with Crippen LogP contribution >= 0.6 is 0 Å². The van der Waals surface area contributed by atoms with Gasteiger partial charge in [-0.3, -0.25) is 0 Å². The van der Waals surface area contributed by atoms with Crippen molar-refractivity contribution in [2.45, 2.75) is 26.8 Å². The van der Waals surface area contributed by atoms with Gasteiger partial charge in [0.05, 0.1) is 24.4 Å². The van der Waals surface area contributed by atoms with Crippen LogP contribution in [0.25, 0.3) is 0 Å². The maximum Gasteiger partial charge on any atom is 0.339 e. The average molecular weight is 302 g/mol. The van der Waals surface area contributed by atoms with Crippen molar-refractivity contribution in [1.82, 2.24) is 4.98 Å². The molecule has 1 aromatic heterocycles. The summed E-state index contributed by atoms with van der Waals surface area (Å²) in [6, 6.07) is 8.42. The van der Waals surface area contributed by atoms with E-state index in [-0.39, 0.29) is 11.9 Å². The Hall–Kier alpha value is -2.43. The number of halogens is 1. The predicted molar refractivity (Wildman–Crippen MR) is 83.5 cm³/mol. The number of rotatable bonds is 4. The zero-order chi connectivity index (χ0) is 16.3. The third-order valence-electron chi connectivity index (χ3n) is 3.55. The number of hydrogen-bond donors (Lipinski definition) is 1. The lowest BCUT2D eigenvalue weighted by molar-refractivity contribution is 0.0599. The second-order valence-corrected chi connectivity index (χ2v) is 5.20. The summed E-state index contributed by atoms with van der Waals surface area (Å²) in [5.74, 6) is -0.0137. The number of aromatic nitrogens is 1. The summed E-state index contributed by atoms with van der Waals surface area (Å²) in [5.41, 5.74) is 2.47. The summed E-state index contributed by atoms with van der Waals surface area (Å²) in [7, 11) is 1.34. The lowest BCUT2D eigenvalue weighted by Crippen LogP contribution is -2.11. The van der Waals surface area contributed by atoms with Gasteiger partial charge in [-0.15, -0.1) is 0 Å². The molecule has 0 fully saturated rings. The van der Waals surface area contributed by atoms with Crippen LogP contribution in [-0.2, 0) is 4.74 Å². The van der Waals surface area contributed by atoms with Crippen molar-refractivity contribution in [3.63, 3.8) is 0 Å². The molecule has 1 heterocycles. The summed E-state index contributed by atoms with van der Waals surface area (Å²) in [5, 5.41) is 3.20. The van der Waals surface area contributed by atoms with Gasteiger partial charge in [0.25, 0.3) is 0 Å². The Morgan fingerprint density at radius 1 is 1.27 bits per heavy atom. The van der Waals surface area contributed by atoms with Gasteiger partial charge < -0.3 is 10.1 Å². The lowest BCUT2D eigenvalue weighted by atomic mass is 10.1. The van der Waals surface area contributed by atoms with Crippen LogP contribution in [0.4, 0.5) is 10.2 Å². The summed E-state index contributed by atoms with van der Waals surface area (Å²) in [6.07, 6.45) is 0. The maximum absolute atomic E-state index is 13.6. The zero-order valence-electron chi connectivity index (χ0n) is 13.1. The number of anilines is 1. The van der Waals surface area contributed by atoms with Crippen LogP contribution in [0.5, 0.6) is 0 Å². The molecule has 2 rings (SSSR count). The molecule has 0 aliphatic heterocycles. The van der Waals surface area contributed by atoms with E-state index in [4.69, 9.17) is 4.74 Å². The van der Waals surface area contributed by atoms with Crippen LogP contribution in [0.1, 0.15) is 40.1 Å². The summed E-state index contributed by atoms with van der Waals surface area (Å²) < 4.78 is 18.3. The molecule has 1 N–H and O–H groups in total. The number of benzene rings is 1. The van der Waals surface area contributed by atoms with Gasteiger partial charge >= 0.3 is 5.97 Å². The molecular weight excluding hydrogens is 283 g/mol. The summed E-state index contributed by atoms with van der Waals surface area (Å²) >= 11 is 0. The molecule has 2 aromatic rings. The number of hydrogen-bond acceptors (Lipinski definition) is 4. The van der Waals surface area contributed by atoms with Gasteiger partial charge in [-0.2, -0.15) is 0 Å². The number of nitrogens with zero attached hydrogens (tertiary/aromatic N) is 1. The minimum absolute atomic E-state index is 0.106. The van der Waals surface area contributed by atoms with E-state index in [1.165, 1.54) is 13.2 Å². The van der Waals surface area contributed by atoms with Crippen LogP contribution in [0.3, 0.4) is 0 Å². The van der Waals surface area contributed by atoms with Crippen molar-refractivity contribution in [3.8, 4) is 0 Å². The molecule has 0 aliphatic rings. The Bertz CT molecular complexity index is 701. The highest BCUT2D eigenvalue weighted by Crippen LogP contribution is 2.21. The standard InChI is InChI=1S/C17H19FN2O2/c1-10-5-6-13(9-15(10)18)11(2)19-16-8-7-14(12(3)20-16)17(21)22-4/h5-9,11H,1-4H3,(H,19,20). The SMILES string of the molecule is COC(=O)c1ccc(NC(C)c2ccc(C)c(F)c2)nc1C. The van der Waals surface area contributed by atoms with E-state index in [1.807, 2.05) is 13.0 Å². The molecule has 0 saturated carbocycles. The van der Waals surface area contributed by atoms with Crippen molar-refractivity contribution >= 4 is 11.8 Å². The van der Waals surface area contributed by atoms with E-state index in [0.29, 0.717) is 22.6 Å². The molecule has 4 nitrogen and oxygen atoms in total. The van der Waals surface area contributed by atoms with E-state index in [2.05, 4.69) is 10.3 Å². The monoisotopic (exact) mass is 302 g/mol. The molecule has 1 aromatic carbocycles. The maximum atomic E-state index is 13.6. The number of carbonyl (C=O) groups excluding carboxylic acids is 1. The molecule has 1 atom stereocenters. The summed E-state index contributed by atoms with van der Waals surface area (Å²) in [4.78, 5) is 15.9. The number of aryl methyl sites for hydroxylation is 2. The Balaban J connectivity index is 2.18.